The van der Waals surface area contributed by atoms with Crippen LogP contribution in [0.25, 0.3) is 0 Å². The third kappa shape index (κ3) is 7.83. The van der Waals surface area contributed by atoms with Crippen LogP contribution >= 0.6 is 0 Å². The van der Waals surface area contributed by atoms with Crippen molar-refractivity contribution in [3.8, 4) is 11.5 Å². The minimum absolute atomic E-state index is 0.0650. The third-order valence-corrected chi connectivity index (χ3v) is 8.58. The van der Waals surface area contributed by atoms with Gasteiger partial charge in [0.05, 0.1) is 14.2 Å². The zero-order valence-corrected chi connectivity index (χ0v) is 25.4. The number of fused-ring (bicyclic) bond motifs is 1. The summed E-state index contributed by atoms with van der Waals surface area (Å²) in [5.74, 6) is 2.39. The first-order chi connectivity index (χ1) is 19.9. The minimum atomic E-state index is -0.322. The summed E-state index contributed by atoms with van der Waals surface area (Å²) in [7, 11) is 5.43. The van der Waals surface area contributed by atoms with E-state index >= 15 is 4.39 Å². The Balaban J connectivity index is 1.49. The number of rotatable bonds is 14. The van der Waals surface area contributed by atoms with Gasteiger partial charge < -0.3 is 24.2 Å². The Kier molecular flexibility index (Phi) is 11.1. The second-order valence-electron chi connectivity index (χ2n) is 11.3. The molecule has 4 rings (SSSR count). The molecule has 0 spiro atoms. The number of phenols is 1. The summed E-state index contributed by atoms with van der Waals surface area (Å²) >= 11 is 0. The van der Waals surface area contributed by atoms with E-state index in [9.17, 15) is 5.11 Å². The van der Waals surface area contributed by atoms with Crippen molar-refractivity contribution >= 4 is 0 Å². The van der Waals surface area contributed by atoms with E-state index in [1.807, 2.05) is 12.1 Å². The van der Waals surface area contributed by atoms with Crippen LogP contribution in [0.15, 0.2) is 60.1 Å². The van der Waals surface area contributed by atoms with Gasteiger partial charge in [-0.1, -0.05) is 32.4 Å². The maximum absolute atomic E-state index is 15.1. The van der Waals surface area contributed by atoms with Crippen molar-refractivity contribution in [2.24, 2.45) is 11.8 Å². The van der Waals surface area contributed by atoms with Crippen LogP contribution in [-0.2, 0) is 28.9 Å². The third-order valence-electron chi connectivity index (χ3n) is 8.58. The number of ether oxygens (including phenoxy) is 3. The summed E-state index contributed by atoms with van der Waals surface area (Å²) in [5, 5.41) is 9.95. The second-order valence-corrected chi connectivity index (χ2v) is 11.3. The zero-order valence-electron chi connectivity index (χ0n) is 25.4. The Morgan fingerprint density at radius 3 is 2.46 bits per heavy atom. The van der Waals surface area contributed by atoms with Crippen molar-refractivity contribution in [1.82, 2.24) is 9.80 Å². The standard InChI is InChI=1S/C34H47FN2O4/c1-6-8-15-36(3)16-17-41-32-14-9-24(18-30(32)35)23-37(7-2)31-22-34(40-5)33(39-4)21-29(31)27-11-10-26-20-28(38)13-12-25(26)19-27/h9,12-14,18,20-22,27,29,31,38H,6-8,10-11,15-17,19,23H2,1-5H3/t27-,29?,31?/m1/s1. The van der Waals surface area contributed by atoms with E-state index in [0.29, 0.717) is 30.6 Å². The summed E-state index contributed by atoms with van der Waals surface area (Å²) in [6.07, 6.45) is 9.59. The van der Waals surface area contributed by atoms with Gasteiger partial charge in [-0.3, -0.25) is 4.90 Å². The number of nitrogens with zero attached hydrogens (tertiary/aromatic N) is 2. The molecule has 1 N–H and O–H groups in total. The molecule has 224 valence electrons. The van der Waals surface area contributed by atoms with Crippen molar-refractivity contribution in [2.45, 2.75) is 58.5 Å². The summed E-state index contributed by atoms with van der Waals surface area (Å²) in [6, 6.07) is 11.1. The highest BCUT2D eigenvalue weighted by atomic mass is 19.1. The SMILES string of the molecule is CCCCN(C)CCOc1ccc(CN(CC)C2C=C(OC)C(OC)=CC2[C@@H]2CCc3cc(O)ccc3C2)cc1F. The van der Waals surface area contributed by atoms with Crippen LogP contribution in [0.3, 0.4) is 0 Å². The molecule has 0 radical (unpaired) electrons. The van der Waals surface area contributed by atoms with Gasteiger partial charge in [0, 0.05) is 25.0 Å². The molecule has 0 amide bonds. The van der Waals surface area contributed by atoms with Crippen LogP contribution in [-0.4, -0.2) is 68.5 Å². The average Bonchev–Trinajstić information content (AvgIpc) is 2.98. The lowest BCUT2D eigenvalue weighted by atomic mass is 9.72. The fourth-order valence-corrected chi connectivity index (χ4v) is 6.18. The second kappa shape index (κ2) is 14.7. The van der Waals surface area contributed by atoms with E-state index in [0.717, 1.165) is 68.8 Å². The van der Waals surface area contributed by atoms with E-state index in [-0.39, 0.29) is 17.8 Å². The van der Waals surface area contributed by atoms with Gasteiger partial charge in [0.1, 0.15) is 12.4 Å². The number of halogens is 1. The number of aryl methyl sites for hydroxylation is 1. The van der Waals surface area contributed by atoms with Crippen LogP contribution in [0.4, 0.5) is 4.39 Å². The number of likely N-dealkylation sites (N-methyl/N-ethyl adjacent to an activating group) is 2. The Morgan fingerprint density at radius 1 is 0.976 bits per heavy atom. The minimum Gasteiger partial charge on any atom is -0.508 e. The molecule has 41 heavy (non-hydrogen) atoms. The van der Waals surface area contributed by atoms with E-state index in [1.54, 1.807) is 32.4 Å². The molecule has 0 saturated carbocycles. The summed E-state index contributed by atoms with van der Waals surface area (Å²) in [6.45, 7) is 7.98. The van der Waals surface area contributed by atoms with Gasteiger partial charge in [-0.15, -0.1) is 0 Å². The Labute approximate surface area is 245 Å². The molecule has 2 aromatic carbocycles. The molecule has 2 aliphatic carbocycles. The summed E-state index contributed by atoms with van der Waals surface area (Å²) < 4.78 is 32.3. The molecule has 2 aliphatic rings. The maximum Gasteiger partial charge on any atom is 0.165 e. The quantitative estimate of drug-likeness (QED) is 0.289. The van der Waals surface area contributed by atoms with Crippen molar-refractivity contribution in [2.75, 3.05) is 47.5 Å². The molecule has 2 aromatic rings. The van der Waals surface area contributed by atoms with Crippen molar-refractivity contribution in [3.05, 3.63) is 82.6 Å². The predicted octanol–water partition coefficient (Wildman–Crippen LogP) is 6.33. The largest absolute Gasteiger partial charge is 0.508 e. The number of hydrogen-bond acceptors (Lipinski definition) is 6. The zero-order chi connectivity index (χ0) is 29.4. The Hall–Kier alpha value is -3.03. The molecule has 2 unspecified atom stereocenters. The van der Waals surface area contributed by atoms with E-state index < -0.39 is 0 Å². The van der Waals surface area contributed by atoms with E-state index in [2.05, 4.69) is 48.9 Å². The van der Waals surface area contributed by atoms with Gasteiger partial charge in [-0.2, -0.15) is 0 Å². The predicted molar refractivity (Wildman–Crippen MR) is 161 cm³/mol. The molecule has 0 fully saturated rings. The fraction of sp³-hybridized carbons (Fsp3) is 0.529. The lowest BCUT2D eigenvalue weighted by molar-refractivity contribution is 0.132. The molecule has 0 heterocycles. The Bertz CT molecular complexity index is 1210. The van der Waals surface area contributed by atoms with Gasteiger partial charge in [-0.25, -0.2) is 4.39 Å². The number of methoxy groups -OCH3 is 2. The Morgan fingerprint density at radius 2 is 1.76 bits per heavy atom. The first-order valence-corrected chi connectivity index (χ1v) is 15.0. The monoisotopic (exact) mass is 566 g/mol. The van der Waals surface area contributed by atoms with Crippen molar-refractivity contribution in [3.63, 3.8) is 0 Å². The van der Waals surface area contributed by atoms with Crippen LogP contribution < -0.4 is 4.74 Å². The molecular weight excluding hydrogens is 519 g/mol. The number of unbranched alkanes of at least 4 members (excludes halogenated alkanes) is 1. The number of benzene rings is 2. The van der Waals surface area contributed by atoms with Gasteiger partial charge in [0.2, 0.25) is 0 Å². The average molecular weight is 567 g/mol. The molecule has 7 heteroatoms. The number of phenolic OH excluding ortho intramolecular Hbond substituents is 1. The van der Waals surface area contributed by atoms with Crippen molar-refractivity contribution in [1.29, 1.82) is 0 Å². The van der Waals surface area contributed by atoms with E-state index in [1.165, 1.54) is 11.1 Å². The van der Waals surface area contributed by atoms with Gasteiger partial charge >= 0.3 is 0 Å². The normalized spacial score (nSPS) is 20.4. The summed E-state index contributed by atoms with van der Waals surface area (Å²) in [4.78, 5) is 4.60. The first kappa shape index (κ1) is 30.9. The smallest absolute Gasteiger partial charge is 0.165 e. The van der Waals surface area contributed by atoms with Crippen LogP contribution in [0.5, 0.6) is 11.5 Å². The molecule has 6 nitrogen and oxygen atoms in total. The lowest BCUT2D eigenvalue weighted by Crippen LogP contribution is -2.44. The number of aromatic hydroxyl groups is 1. The fourth-order valence-electron chi connectivity index (χ4n) is 6.18. The lowest BCUT2D eigenvalue weighted by Gasteiger charge is -2.41. The molecule has 3 atom stereocenters. The van der Waals surface area contributed by atoms with Crippen LogP contribution in [0.2, 0.25) is 0 Å². The van der Waals surface area contributed by atoms with E-state index in [4.69, 9.17) is 14.2 Å². The highest BCUT2D eigenvalue weighted by molar-refractivity contribution is 5.38. The highest BCUT2D eigenvalue weighted by Crippen LogP contribution is 2.39. The van der Waals surface area contributed by atoms with Crippen molar-refractivity contribution < 1.29 is 23.7 Å². The van der Waals surface area contributed by atoms with Gasteiger partial charge in [0.15, 0.2) is 23.1 Å². The van der Waals surface area contributed by atoms with Crippen LogP contribution in [0.1, 0.15) is 49.8 Å². The van der Waals surface area contributed by atoms with Gasteiger partial charge in [-0.05, 0) is 105 Å². The van der Waals surface area contributed by atoms with Crippen LogP contribution in [0, 0.1) is 17.7 Å². The topological polar surface area (TPSA) is 54.4 Å². The molecular formula is C34H47FN2O4. The maximum atomic E-state index is 15.1. The molecule has 0 saturated heterocycles. The number of hydrogen-bond donors (Lipinski definition) is 1. The molecule has 0 bridgehead atoms. The first-order valence-electron chi connectivity index (χ1n) is 15.0. The van der Waals surface area contributed by atoms with Gasteiger partial charge in [0.25, 0.3) is 0 Å². The summed E-state index contributed by atoms with van der Waals surface area (Å²) in [5.41, 5.74) is 3.44. The molecule has 0 aromatic heterocycles. The highest BCUT2D eigenvalue weighted by Gasteiger charge is 2.37. The molecule has 0 aliphatic heterocycles.